The first-order valence-electron chi connectivity index (χ1n) is 6.01. The third-order valence-corrected chi connectivity index (χ3v) is 4.15. The van der Waals surface area contributed by atoms with Crippen LogP contribution in [0.4, 0.5) is 0 Å². The molecule has 2 aliphatic rings. The molecule has 2 aliphatic carbocycles. The lowest BCUT2D eigenvalue weighted by atomic mass is 9.74. The number of benzene rings is 1. The van der Waals surface area contributed by atoms with E-state index in [1.807, 2.05) is 0 Å². The van der Waals surface area contributed by atoms with Crippen LogP contribution in [0.5, 0.6) is 0 Å². The zero-order valence-electron chi connectivity index (χ0n) is 9.19. The van der Waals surface area contributed by atoms with Gasteiger partial charge in [0.05, 0.1) is 6.10 Å². The summed E-state index contributed by atoms with van der Waals surface area (Å²) in [7, 11) is 0. The van der Waals surface area contributed by atoms with Gasteiger partial charge in [-0.25, -0.2) is 0 Å². The van der Waals surface area contributed by atoms with Crippen LogP contribution in [-0.4, -0.2) is 11.2 Å². The van der Waals surface area contributed by atoms with Crippen LogP contribution in [0, 0.1) is 11.8 Å². The molecule has 4 unspecified atom stereocenters. The first-order chi connectivity index (χ1) is 7.25. The Hall–Kier alpha value is -0.820. The monoisotopic (exact) mass is 202 g/mol. The van der Waals surface area contributed by atoms with Gasteiger partial charge in [-0.15, -0.1) is 0 Å². The quantitative estimate of drug-likeness (QED) is 0.799. The number of aliphatic hydroxyl groups is 1. The summed E-state index contributed by atoms with van der Waals surface area (Å²) in [6.07, 6.45) is 3.33. The second-order valence-corrected chi connectivity index (χ2v) is 5.28. The Kier molecular flexibility index (Phi) is 2.10. The summed E-state index contributed by atoms with van der Waals surface area (Å²) in [5.41, 5.74) is 2.96. The van der Waals surface area contributed by atoms with Crippen molar-refractivity contribution in [1.29, 1.82) is 0 Å². The van der Waals surface area contributed by atoms with Gasteiger partial charge in [0.1, 0.15) is 0 Å². The summed E-state index contributed by atoms with van der Waals surface area (Å²) in [6, 6.07) is 8.63. The molecule has 0 radical (unpaired) electrons. The van der Waals surface area contributed by atoms with Crippen molar-refractivity contribution in [2.45, 2.75) is 38.2 Å². The fraction of sp³-hybridized carbons (Fsp3) is 0.571. The van der Waals surface area contributed by atoms with Crippen molar-refractivity contribution in [2.75, 3.05) is 0 Å². The van der Waals surface area contributed by atoms with Gasteiger partial charge in [-0.05, 0) is 48.1 Å². The summed E-state index contributed by atoms with van der Waals surface area (Å²) in [6.45, 7) is 2.24. The topological polar surface area (TPSA) is 20.2 Å². The molecule has 15 heavy (non-hydrogen) atoms. The summed E-state index contributed by atoms with van der Waals surface area (Å²) in [4.78, 5) is 0. The Morgan fingerprint density at radius 2 is 2.13 bits per heavy atom. The average Bonchev–Trinajstić information content (AvgIpc) is 2.92. The third kappa shape index (κ3) is 1.59. The van der Waals surface area contributed by atoms with Crippen molar-refractivity contribution in [2.24, 2.45) is 11.8 Å². The van der Waals surface area contributed by atoms with Crippen LogP contribution in [-0.2, 0) is 6.42 Å². The summed E-state index contributed by atoms with van der Waals surface area (Å²) >= 11 is 0. The lowest BCUT2D eigenvalue weighted by Crippen LogP contribution is -2.23. The zero-order chi connectivity index (χ0) is 10.4. The Bertz CT molecular complexity index is 371. The van der Waals surface area contributed by atoms with Gasteiger partial charge in [-0.2, -0.15) is 0 Å². The van der Waals surface area contributed by atoms with E-state index in [1.165, 1.54) is 24.0 Å². The smallest absolute Gasteiger partial charge is 0.0577 e. The van der Waals surface area contributed by atoms with Crippen LogP contribution in [0.25, 0.3) is 0 Å². The molecule has 0 amide bonds. The van der Waals surface area contributed by atoms with E-state index in [4.69, 9.17) is 0 Å². The van der Waals surface area contributed by atoms with E-state index in [1.54, 1.807) is 0 Å². The largest absolute Gasteiger partial charge is 0.393 e. The molecule has 1 aromatic rings. The number of hydrogen-bond acceptors (Lipinski definition) is 1. The van der Waals surface area contributed by atoms with Gasteiger partial charge >= 0.3 is 0 Å². The van der Waals surface area contributed by atoms with Gasteiger partial charge in [0.15, 0.2) is 0 Å². The third-order valence-electron chi connectivity index (χ3n) is 4.15. The van der Waals surface area contributed by atoms with Crippen molar-refractivity contribution in [1.82, 2.24) is 0 Å². The van der Waals surface area contributed by atoms with Crippen LogP contribution < -0.4 is 0 Å². The predicted octanol–water partition coefficient (Wildman–Crippen LogP) is 2.73. The van der Waals surface area contributed by atoms with Crippen LogP contribution >= 0.6 is 0 Å². The SMILES string of the molecule is CC1CC1C(O)CC1Cc2ccccc21. The maximum atomic E-state index is 10.0. The van der Waals surface area contributed by atoms with Gasteiger partial charge < -0.3 is 5.11 Å². The molecule has 0 spiro atoms. The van der Waals surface area contributed by atoms with Gasteiger partial charge in [-0.1, -0.05) is 31.2 Å². The van der Waals surface area contributed by atoms with E-state index < -0.39 is 0 Å². The minimum Gasteiger partial charge on any atom is -0.393 e. The molecule has 0 saturated heterocycles. The first-order valence-corrected chi connectivity index (χ1v) is 6.01. The molecular formula is C14H18O. The molecular weight excluding hydrogens is 184 g/mol. The molecule has 1 heteroatoms. The van der Waals surface area contributed by atoms with E-state index in [-0.39, 0.29) is 6.10 Å². The normalized spacial score (nSPS) is 34.1. The number of rotatable bonds is 3. The fourth-order valence-electron chi connectivity index (χ4n) is 2.93. The number of fused-ring (bicyclic) bond motifs is 1. The highest BCUT2D eigenvalue weighted by atomic mass is 16.3. The van der Waals surface area contributed by atoms with E-state index in [0.29, 0.717) is 11.8 Å². The number of hydrogen-bond donors (Lipinski definition) is 1. The van der Waals surface area contributed by atoms with Crippen molar-refractivity contribution >= 4 is 0 Å². The van der Waals surface area contributed by atoms with Gasteiger partial charge in [0.2, 0.25) is 0 Å². The molecule has 1 N–H and O–H groups in total. The lowest BCUT2D eigenvalue weighted by Gasteiger charge is -2.31. The summed E-state index contributed by atoms with van der Waals surface area (Å²) in [5.74, 6) is 1.98. The molecule has 0 aliphatic heterocycles. The maximum absolute atomic E-state index is 10.0. The highest BCUT2D eigenvalue weighted by Crippen LogP contribution is 2.46. The van der Waals surface area contributed by atoms with Crippen molar-refractivity contribution in [3.05, 3.63) is 35.4 Å². The predicted molar refractivity (Wildman–Crippen MR) is 60.8 cm³/mol. The second kappa shape index (κ2) is 3.34. The molecule has 3 rings (SSSR count). The van der Waals surface area contributed by atoms with E-state index in [9.17, 15) is 5.11 Å². The molecule has 1 fully saturated rings. The van der Waals surface area contributed by atoms with Crippen LogP contribution in [0.1, 0.15) is 36.8 Å². The molecule has 4 atom stereocenters. The molecule has 80 valence electrons. The standard InChI is InChI=1S/C14H18O/c1-9-6-13(9)14(15)8-11-7-10-4-2-3-5-12(10)11/h2-5,9,11,13-15H,6-8H2,1H3. The van der Waals surface area contributed by atoms with E-state index >= 15 is 0 Å². The van der Waals surface area contributed by atoms with Crippen LogP contribution in [0.3, 0.4) is 0 Å². The highest BCUT2D eigenvalue weighted by molar-refractivity contribution is 5.39. The molecule has 1 aromatic carbocycles. The Labute approximate surface area is 91.1 Å². The molecule has 1 nitrogen and oxygen atoms in total. The molecule has 0 heterocycles. The highest BCUT2D eigenvalue weighted by Gasteiger charge is 2.40. The van der Waals surface area contributed by atoms with E-state index in [2.05, 4.69) is 31.2 Å². The van der Waals surface area contributed by atoms with Gasteiger partial charge in [0, 0.05) is 0 Å². The van der Waals surface area contributed by atoms with Crippen LogP contribution in [0.15, 0.2) is 24.3 Å². The van der Waals surface area contributed by atoms with Crippen molar-refractivity contribution < 1.29 is 5.11 Å². The van der Waals surface area contributed by atoms with Crippen LogP contribution in [0.2, 0.25) is 0 Å². The second-order valence-electron chi connectivity index (χ2n) is 5.28. The minimum absolute atomic E-state index is 0.0571. The molecule has 0 bridgehead atoms. The molecule has 1 saturated carbocycles. The maximum Gasteiger partial charge on any atom is 0.0577 e. The Morgan fingerprint density at radius 3 is 2.80 bits per heavy atom. The lowest BCUT2D eigenvalue weighted by molar-refractivity contribution is 0.124. The average molecular weight is 202 g/mol. The molecule has 0 aromatic heterocycles. The minimum atomic E-state index is -0.0571. The van der Waals surface area contributed by atoms with Gasteiger partial charge in [0.25, 0.3) is 0 Å². The Balaban J connectivity index is 1.63. The van der Waals surface area contributed by atoms with Gasteiger partial charge in [-0.3, -0.25) is 0 Å². The zero-order valence-corrected chi connectivity index (χ0v) is 9.19. The Morgan fingerprint density at radius 1 is 1.40 bits per heavy atom. The fourth-order valence-corrected chi connectivity index (χ4v) is 2.93. The van der Waals surface area contributed by atoms with E-state index in [0.717, 1.165) is 12.3 Å². The van der Waals surface area contributed by atoms with Crippen molar-refractivity contribution in [3.63, 3.8) is 0 Å². The summed E-state index contributed by atoms with van der Waals surface area (Å²) < 4.78 is 0. The number of aliphatic hydroxyl groups excluding tert-OH is 1. The van der Waals surface area contributed by atoms with Crippen molar-refractivity contribution in [3.8, 4) is 0 Å². The first kappa shape index (κ1) is 9.41. The summed E-state index contributed by atoms with van der Waals surface area (Å²) in [5, 5.41) is 10.0.